The topological polar surface area (TPSA) is 63.9 Å². The minimum Gasteiger partial charge on any atom is -0.494 e. The van der Waals surface area contributed by atoms with Crippen molar-refractivity contribution in [2.24, 2.45) is 4.99 Å². The second kappa shape index (κ2) is 10.8. The molecule has 0 bridgehead atoms. The summed E-state index contributed by atoms with van der Waals surface area (Å²) in [6.45, 7) is 4.44. The summed E-state index contributed by atoms with van der Waals surface area (Å²) in [5.41, 5.74) is 3.97. The first-order chi connectivity index (χ1) is 17.5. The molecule has 36 heavy (non-hydrogen) atoms. The molecule has 0 spiro atoms. The molecule has 1 fully saturated rings. The fourth-order valence-electron chi connectivity index (χ4n) is 4.34. The van der Waals surface area contributed by atoms with Crippen LogP contribution in [0.1, 0.15) is 25.3 Å². The number of ether oxygens (including phenoxy) is 1. The normalized spacial score (nSPS) is 14.9. The Kier molecular flexibility index (Phi) is 7.36. The van der Waals surface area contributed by atoms with E-state index in [1.54, 1.807) is 27.8 Å². The van der Waals surface area contributed by atoms with Gasteiger partial charge in [-0.2, -0.15) is 4.31 Å². The summed E-state index contributed by atoms with van der Waals surface area (Å²) >= 11 is 1.57. The Hall–Kier alpha value is -3.20. The van der Waals surface area contributed by atoms with Gasteiger partial charge in [-0.05, 0) is 67.3 Å². The highest BCUT2D eigenvalue weighted by molar-refractivity contribution is 7.89. The predicted molar refractivity (Wildman–Crippen MR) is 144 cm³/mol. The Morgan fingerprint density at radius 3 is 2.28 bits per heavy atom. The fourth-order valence-corrected chi connectivity index (χ4v) is 6.78. The fraction of sp³-hybridized carbons (Fsp3) is 0.250. The number of rotatable bonds is 8. The highest BCUT2D eigenvalue weighted by Crippen LogP contribution is 2.26. The number of hydrogen-bond donors (Lipinski definition) is 0. The van der Waals surface area contributed by atoms with Crippen LogP contribution in [0, 0.1) is 0 Å². The summed E-state index contributed by atoms with van der Waals surface area (Å²) in [6, 6.07) is 25.3. The molecule has 6 nitrogen and oxygen atoms in total. The van der Waals surface area contributed by atoms with E-state index in [9.17, 15) is 8.42 Å². The molecule has 5 rings (SSSR count). The zero-order valence-corrected chi connectivity index (χ0v) is 21.8. The molecule has 1 aliphatic rings. The number of benzene rings is 3. The molecule has 186 valence electrons. The lowest BCUT2D eigenvalue weighted by Crippen LogP contribution is -2.27. The van der Waals surface area contributed by atoms with E-state index in [0.717, 1.165) is 40.3 Å². The van der Waals surface area contributed by atoms with Crippen molar-refractivity contribution in [3.63, 3.8) is 0 Å². The van der Waals surface area contributed by atoms with Crippen LogP contribution in [0.3, 0.4) is 0 Å². The molecule has 1 aliphatic heterocycles. The van der Waals surface area contributed by atoms with Crippen molar-refractivity contribution >= 4 is 27.0 Å². The van der Waals surface area contributed by atoms with E-state index in [0.29, 0.717) is 31.1 Å². The summed E-state index contributed by atoms with van der Waals surface area (Å²) in [5, 5.41) is 2.08. The number of nitrogens with zero attached hydrogens (tertiary/aromatic N) is 3. The van der Waals surface area contributed by atoms with Crippen LogP contribution >= 0.6 is 11.3 Å². The Bertz CT molecular complexity index is 1470. The molecule has 0 amide bonds. The Labute approximate surface area is 216 Å². The van der Waals surface area contributed by atoms with Crippen molar-refractivity contribution < 1.29 is 13.2 Å². The van der Waals surface area contributed by atoms with E-state index in [4.69, 9.17) is 9.73 Å². The maximum Gasteiger partial charge on any atom is 0.243 e. The minimum absolute atomic E-state index is 0.345. The van der Waals surface area contributed by atoms with E-state index in [1.165, 1.54) is 5.56 Å². The van der Waals surface area contributed by atoms with Crippen LogP contribution in [-0.2, 0) is 16.6 Å². The van der Waals surface area contributed by atoms with Gasteiger partial charge in [-0.3, -0.25) is 0 Å². The average molecular weight is 520 g/mol. The average Bonchev–Trinajstić information content (AvgIpc) is 3.58. The molecular weight excluding hydrogens is 490 g/mol. The standard InChI is InChI=1S/C28H29N3O3S2/c1-2-34-25-14-12-24(13-15-25)29-28-31(20-22-8-4-3-5-9-22)27(21-35-28)23-10-16-26(17-11-23)36(32,33)30-18-6-7-19-30/h3-5,8-17,21H,2,6-7,18-20H2,1H3. The predicted octanol–water partition coefficient (Wildman–Crippen LogP) is 5.68. The van der Waals surface area contributed by atoms with Gasteiger partial charge in [-0.15, -0.1) is 11.3 Å². The lowest BCUT2D eigenvalue weighted by Gasteiger charge is -2.16. The van der Waals surface area contributed by atoms with Crippen LogP contribution in [0.15, 0.2) is 94.1 Å². The van der Waals surface area contributed by atoms with E-state index < -0.39 is 10.0 Å². The van der Waals surface area contributed by atoms with Crippen molar-refractivity contribution in [2.75, 3.05) is 19.7 Å². The Balaban J connectivity index is 1.52. The third kappa shape index (κ3) is 5.31. The van der Waals surface area contributed by atoms with Crippen molar-refractivity contribution in [3.8, 4) is 17.0 Å². The van der Waals surface area contributed by atoms with Gasteiger partial charge in [-0.25, -0.2) is 13.4 Å². The first-order valence-corrected chi connectivity index (χ1v) is 14.5. The van der Waals surface area contributed by atoms with E-state index in [1.807, 2.05) is 61.5 Å². The first kappa shape index (κ1) is 24.5. The molecule has 1 aromatic heterocycles. The Morgan fingerprint density at radius 1 is 0.917 bits per heavy atom. The second-order valence-electron chi connectivity index (χ2n) is 8.65. The minimum atomic E-state index is -3.44. The van der Waals surface area contributed by atoms with E-state index in [-0.39, 0.29) is 0 Å². The van der Waals surface area contributed by atoms with Crippen LogP contribution in [0.4, 0.5) is 5.69 Å². The molecule has 1 saturated heterocycles. The molecule has 0 unspecified atom stereocenters. The number of hydrogen-bond acceptors (Lipinski definition) is 5. The monoisotopic (exact) mass is 519 g/mol. The van der Waals surface area contributed by atoms with Crippen LogP contribution < -0.4 is 9.54 Å². The van der Waals surface area contributed by atoms with Gasteiger partial charge in [0.25, 0.3) is 0 Å². The van der Waals surface area contributed by atoms with Crippen molar-refractivity contribution in [1.82, 2.24) is 8.87 Å². The number of sulfonamides is 1. The van der Waals surface area contributed by atoms with Crippen molar-refractivity contribution in [2.45, 2.75) is 31.2 Å². The zero-order valence-electron chi connectivity index (χ0n) is 20.2. The Morgan fingerprint density at radius 2 is 1.61 bits per heavy atom. The molecular formula is C28H29N3O3S2. The van der Waals surface area contributed by atoms with Gasteiger partial charge in [0, 0.05) is 18.5 Å². The second-order valence-corrected chi connectivity index (χ2v) is 11.4. The van der Waals surface area contributed by atoms with Crippen LogP contribution in [0.2, 0.25) is 0 Å². The van der Waals surface area contributed by atoms with Crippen LogP contribution in [-0.4, -0.2) is 37.0 Å². The summed E-state index contributed by atoms with van der Waals surface area (Å²) in [7, 11) is -3.44. The van der Waals surface area contributed by atoms with Crippen LogP contribution in [0.5, 0.6) is 5.75 Å². The van der Waals surface area contributed by atoms with E-state index >= 15 is 0 Å². The molecule has 2 heterocycles. The van der Waals surface area contributed by atoms with Gasteiger partial charge >= 0.3 is 0 Å². The van der Waals surface area contributed by atoms with Gasteiger partial charge in [0.05, 0.1) is 29.4 Å². The maximum atomic E-state index is 13.0. The quantitative estimate of drug-likeness (QED) is 0.301. The van der Waals surface area contributed by atoms with Gasteiger partial charge in [-0.1, -0.05) is 42.5 Å². The third-order valence-corrected chi connectivity index (χ3v) is 8.98. The molecule has 0 N–H and O–H groups in total. The molecule has 0 atom stereocenters. The smallest absolute Gasteiger partial charge is 0.243 e. The van der Waals surface area contributed by atoms with Gasteiger partial charge < -0.3 is 9.30 Å². The van der Waals surface area contributed by atoms with Gasteiger partial charge in [0.2, 0.25) is 10.0 Å². The lowest BCUT2D eigenvalue weighted by molar-refractivity contribution is 0.340. The third-order valence-electron chi connectivity index (χ3n) is 6.21. The van der Waals surface area contributed by atoms with Gasteiger partial charge in [0.1, 0.15) is 5.75 Å². The van der Waals surface area contributed by atoms with Gasteiger partial charge in [0.15, 0.2) is 4.80 Å². The summed E-state index contributed by atoms with van der Waals surface area (Å²) in [5.74, 6) is 0.824. The summed E-state index contributed by atoms with van der Waals surface area (Å²) in [4.78, 5) is 6.13. The largest absolute Gasteiger partial charge is 0.494 e. The molecule has 0 saturated carbocycles. The molecule has 3 aromatic carbocycles. The molecule has 8 heteroatoms. The summed E-state index contributed by atoms with van der Waals surface area (Å²) in [6.07, 6.45) is 1.85. The molecule has 0 aliphatic carbocycles. The first-order valence-electron chi connectivity index (χ1n) is 12.1. The van der Waals surface area contributed by atoms with Crippen molar-refractivity contribution in [1.29, 1.82) is 0 Å². The molecule has 0 radical (unpaired) electrons. The SMILES string of the molecule is CCOc1ccc(N=c2scc(-c3ccc(S(=O)(=O)N4CCCC4)cc3)n2Cc2ccccc2)cc1. The zero-order chi connectivity index (χ0) is 25.0. The van der Waals surface area contributed by atoms with Crippen molar-refractivity contribution in [3.05, 3.63) is 94.6 Å². The number of thiazole rings is 1. The van der Waals surface area contributed by atoms with Crippen LogP contribution in [0.25, 0.3) is 11.3 Å². The highest BCUT2D eigenvalue weighted by atomic mass is 32.2. The number of aromatic nitrogens is 1. The maximum absolute atomic E-state index is 13.0. The summed E-state index contributed by atoms with van der Waals surface area (Å²) < 4.78 is 35.2. The van der Waals surface area contributed by atoms with E-state index in [2.05, 4.69) is 22.1 Å². The lowest BCUT2D eigenvalue weighted by atomic mass is 10.1. The molecule has 4 aromatic rings. The highest BCUT2D eigenvalue weighted by Gasteiger charge is 2.27.